The zero-order valence-corrected chi connectivity index (χ0v) is 15.6. The van der Waals surface area contributed by atoms with Crippen LogP contribution < -0.4 is 10.2 Å². The Balaban J connectivity index is 1.36. The summed E-state index contributed by atoms with van der Waals surface area (Å²) in [4.78, 5) is 26.2. The maximum atomic E-state index is 13.7. The molecule has 2 aromatic heterocycles. The molecule has 3 heterocycles. The summed E-state index contributed by atoms with van der Waals surface area (Å²) in [6, 6.07) is 3.11. The molecular formula is C20H20F3N5O. The van der Waals surface area contributed by atoms with Gasteiger partial charge in [-0.05, 0) is 24.8 Å². The number of piperidine rings is 1. The Kier molecular flexibility index (Phi) is 5.37. The third-order valence-corrected chi connectivity index (χ3v) is 5.15. The van der Waals surface area contributed by atoms with Crippen LogP contribution in [0.2, 0.25) is 0 Å². The van der Waals surface area contributed by atoms with Crippen LogP contribution in [0.3, 0.4) is 0 Å². The number of hydrogen-bond donors (Lipinski definition) is 2. The monoisotopic (exact) mass is 403 g/mol. The van der Waals surface area contributed by atoms with Crippen LogP contribution in [0.1, 0.15) is 19.3 Å². The lowest BCUT2D eigenvalue weighted by molar-refractivity contribution is -0.118. The zero-order chi connectivity index (χ0) is 20.4. The van der Waals surface area contributed by atoms with Gasteiger partial charge in [-0.25, -0.2) is 23.1 Å². The lowest BCUT2D eigenvalue weighted by Crippen LogP contribution is -2.37. The van der Waals surface area contributed by atoms with Crippen molar-refractivity contribution in [3.63, 3.8) is 0 Å². The van der Waals surface area contributed by atoms with Gasteiger partial charge in [0.15, 0.2) is 17.4 Å². The first-order chi connectivity index (χ1) is 14.0. The Hall–Kier alpha value is -3.10. The van der Waals surface area contributed by atoms with E-state index in [1.165, 1.54) is 6.33 Å². The maximum absolute atomic E-state index is 13.7. The van der Waals surface area contributed by atoms with Crippen LogP contribution in [-0.2, 0) is 4.79 Å². The van der Waals surface area contributed by atoms with E-state index in [0.717, 1.165) is 42.3 Å². The highest BCUT2D eigenvalue weighted by molar-refractivity contribution is 5.87. The van der Waals surface area contributed by atoms with E-state index in [-0.39, 0.29) is 23.9 Å². The largest absolute Gasteiger partial charge is 0.376 e. The summed E-state index contributed by atoms with van der Waals surface area (Å²) >= 11 is 0. The topological polar surface area (TPSA) is 73.9 Å². The standard InChI is InChI=1S/C20H20F3N5O/c21-15-7-17(23)18(8-16(15)22)25-9-13(29)6-12-2-1-5-28(10-12)20-14-3-4-24-19(14)26-11-27-20/h3-4,7-8,11-12,25H,1-2,5-6,9-10H2,(H,24,26,27)/t12-/m0/s1. The number of aromatic amines is 1. The molecule has 1 fully saturated rings. The molecule has 0 saturated carbocycles. The van der Waals surface area contributed by atoms with Crippen LogP contribution in [-0.4, -0.2) is 40.4 Å². The van der Waals surface area contributed by atoms with Crippen molar-refractivity contribution in [3.8, 4) is 0 Å². The van der Waals surface area contributed by atoms with E-state index in [9.17, 15) is 18.0 Å². The van der Waals surface area contributed by atoms with E-state index in [4.69, 9.17) is 0 Å². The fourth-order valence-electron chi connectivity index (χ4n) is 3.78. The van der Waals surface area contributed by atoms with Gasteiger partial charge in [-0.15, -0.1) is 0 Å². The third kappa shape index (κ3) is 4.18. The summed E-state index contributed by atoms with van der Waals surface area (Å²) in [5, 5.41) is 3.50. The van der Waals surface area contributed by atoms with Crippen LogP contribution in [0.25, 0.3) is 11.0 Å². The van der Waals surface area contributed by atoms with Crippen molar-refractivity contribution in [2.45, 2.75) is 19.3 Å². The highest BCUT2D eigenvalue weighted by atomic mass is 19.2. The van der Waals surface area contributed by atoms with Crippen LogP contribution in [0.4, 0.5) is 24.7 Å². The molecule has 2 N–H and O–H groups in total. The molecule has 152 valence electrons. The Morgan fingerprint density at radius 1 is 1.21 bits per heavy atom. The Labute approximate surface area is 165 Å². The molecule has 3 aromatic rings. The molecule has 1 aliphatic heterocycles. The SMILES string of the molecule is O=C(CNc1cc(F)c(F)cc1F)C[C@@H]1CCCN(c2ncnc3[nH]ccc23)C1. The van der Waals surface area contributed by atoms with Crippen molar-refractivity contribution in [3.05, 3.63) is 48.2 Å². The first kappa shape index (κ1) is 19.2. The lowest BCUT2D eigenvalue weighted by atomic mass is 9.92. The summed E-state index contributed by atoms with van der Waals surface area (Å²) in [5.74, 6) is -2.49. The van der Waals surface area contributed by atoms with Gasteiger partial charge in [-0.1, -0.05) is 0 Å². The molecule has 1 saturated heterocycles. The predicted molar refractivity (Wildman–Crippen MR) is 103 cm³/mol. The van der Waals surface area contributed by atoms with Gasteiger partial charge < -0.3 is 15.2 Å². The number of anilines is 2. The van der Waals surface area contributed by atoms with Crippen molar-refractivity contribution < 1.29 is 18.0 Å². The number of rotatable bonds is 6. The van der Waals surface area contributed by atoms with Gasteiger partial charge in [0.2, 0.25) is 0 Å². The summed E-state index contributed by atoms with van der Waals surface area (Å²) in [7, 11) is 0. The summed E-state index contributed by atoms with van der Waals surface area (Å²) in [5.41, 5.74) is 0.546. The second-order valence-electron chi connectivity index (χ2n) is 7.23. The van der Waals surface area contributed by atoms with Gasteiger partial charge in [0.25, 0.3) is 0 Å². The molecule has 6 nitrogen and oxygen atoms in total. The molecule has 0 radical (unpaired) electrons. The maximum Gasteiger partial charge on any atom is 0.161 e. The third-order valence-electron chi connectivity index (χ3n) is 5.15. The fourth-order valence-corrected chi connectivity index (χ4v) is 3.78. The highest BCUT2D eigenvalue weighted by Gasteiger charge is 2.24. The number of hydrogen-bond acceptors (Lipinski definition) is 5. The van der Waals surface area contributed by atoms with Gasteiger partial charge >= 0.3 is 0 Å². The van der Waals surface area contributed by atoms with Crippen LogP contribution in [0.15, 0.2) is 30.7 Å². The first-order valence-corrected chi connectivity index (χ1v) is 9.44. The van der Waals surface area contributed by atoms with Crippen LogP contribution >= 0.6 is 0 Å². The van der Waals surface area contributed by atoms with Crippen LogP contribution in [0, 0.1) is 23.4 Å². The average Bonchev–Trinajstić information content (AvgIpc) is 3.19. The Morgan fingerprint density at radius 3 is 2.90 bits per heavy atom. The Bertz CT molecular complexity index is 1040. The molecule has 4 rings (SSSR count). The number of ketones is 1. The van der Waals surface area contributed by atoms with Crippen molar-refractivity contribution in [2.75, 3.05) is 29.9 Å². The number of fused-ring (bicyclic) bond motifs is 1. The second-order valence-corrected chi connectivity index (χ2v) is 7.23. The van der Waals surface area contributed by atoms with Gasteiger partial charge in [0.05, 0.1) is 17.6 Å². The number of H-pyrrole nitrogens is 1. The van der Waals surface area contributed by atoms with Crippen molar-refractivity contribution in [2.24, 2.45) is 5.92 Å². The predicted octanol–water partition coefficient (Wildman–Crippen LogP) is 3.66. The van der Waals surface area contributed by atoms with Gasteiger partial charge in [-0.2, -0.15) is 0 Å². The first-order valence-electron chi connectivity index (χ1n) is 9.44. The molecule has 1 atom stereocenters. The molecule has 0 amide bonds. The smallest absolute Gasteiger partial charge is 0.161 e. The molecule has 29 heavy (non-hydrogen) atoms. The molecule has 1 aromatic carbocycles. The number of carbonyl (C=O) groups is 1. The van der Waals surface area contributed by atoms with Gasteiger partial charge in [0.1, 0.15) is 23.6 Å². The number of nitrogens with zero attached hydrogens (tertiary/aromatic N) is 3. The average molecular weight is 403 g/mol. The highest BCUT2D eigenvalue weighted by Crippen LogP contribution is 2.28. The lowest BCUT2D eigenvalue weighted by Gasteiger charge is -2.33. The number of carbonyl (C=O) groups excluding carboxylic acids is 1. The molecule has 1 aliphatic rings. The summed E-state index contributed by atoms with van der Waals surface area (Å²) < 4.78 is 39.9. The van der Waals surface area contributed by atoms with E-state index >= 15 is 0 Å². The molecular weight excluding hydrogens is 383 g/mol. The zero-order valence-electron chi connectivity index (χ0n) is 15.6. The van der Waals surface area contributed by atoms with Crippen LogP contribution in [0.5, 0.6) is 0 Å². The fraction of sp³-hybridized carbons (Fsp3) is 0.350. The number of benzene rings is 1. The van der Waals surface area contributed by atoms with Crippen molar-refractivity contribution in [1.29, 1.82) is 0 Å². The number of halogens is 3. The molecule has 9 heteroatoms. The second kappa shape index (κ2) is 8.10. The minimum absolute atomic E-state index is 0.115. The van der Waals surface area contributed by atoms with E-state index in [1.54, 1.807) is 0 Å². The minimum atomic E-state index is -1.26. The number of aromatic nitrogens is 3. The van der Waals surface area contributed by atoms with E-state index in [0.29, 0.717) is 19.0 Å². The normalized spacial score (nSPS) is 16.9. The van der Waals surface area contributed by atoms with E-state index < -0.39 is 17.5 Å². The summed E-state index contributed by atoms with van der Waals surface area (Å²) in [6.45, 7) is 1.39. The van der Waals surface area contributed by atoms with E-state index in [2.05, 4.69) is 25.2 Å². The molecule has 0 aliphatic carbocycles. The van der Waals surface area contributed by atoms with Gasteiger partial charge in [0, 0.05) is 37.8 Å². The van der Waals surface area contributed by atoms with E-state index in [1.807, 2.05) is 12.3 Å². The van der Waals surface area contributed by atoms with Crippen molar-refractivity contribution >= 4 is 28.3 Å². The van der Waals surface area contributed by atoms with Gasteiger partial charge in [-0.3, -0.25) is 4.79 Å². The quantitative estimate of drug-likeness (QED) is 0.615. The van der Waals surface area contributed by atoms with Crippen molar-refractivity contribution in [1.82, 2.24) is 15.0 Å². The minimum Gasteiger partial charge on any atom is -0.376 e. The number of Topliss-reactive ketones (excluding diaryl/α,β-unsaturated/α-hetero) is 1. The Morgan fingerprint density at radius 2 is 2.03 bits per heavy atom. The summed E-state index contributed by atoms with van der Waals surface area (Å²) in [6.07, 6.45) is 5.48. The molecule has 0 bridgehead atoms. The number of nitrogens with one attached hydrogen (secondary N) is 2. The molecule has 0 unspecified atom stereocenters. The molecule has 0 spiro atoms.